The minimum Gasteiger partial charge on any atom is -0.481 e. The molecule has 226 valence electrons. The predicted molar refractivity (Wildman–Crippen MR) is 159 cm³/mol. The number of nitrogens with zero attached hydrogens (tertiary/aromatic N) is 6. The van der Waals surface area contributed by atoms with Crippen molar-refractivity contribution in [2.45, 2.75) is 97.3 Å². The Bertz CT molecular complexity index is 1190. The Hall–Kier alpha value is -3.12. The summed E-state index contributed by atoms with van der Waals surface area (Å²) in [6, 6.07) is 4.97. The van der Waals surface area contributed by atoms with Gasteiger partial charge < -0.3 is 19.5 Å². The fourth-order valence-corrected chi connectivity index (χ4v) is 5.46. The van der Waals surface area contributed by atoms with Crippen molar-refractivity contribution in [3.63, 3.8) is 0 Å². The Morgan fingerprint density at radius 3 is 2.51 bits per heavy atom. The van der Waals surface area contributed by atoms with Crippen LogP contribution in [0, 0.1) is 5.92 Å². The van der Waals surface area contributed by atoms with Gasteiger partial charge in [0.15, 0.2) is 5.82 Å². The molecule has 1 aliphatic heterocycles. The molecule has 1 N–H and O–H groups in total. The van der Waals surface area contributed by atoms with Crippen molar-refractivity contribution in [3.8, 4) is 0 Å². The molecule has 0 aliphatic carbocycles. The van der Waals surface area contributed by atoms with Crippen molar-refractivity contribution in [1.82, 2.24) is 30.1 Å². The van der Waals surface area contributed by atoms with Crippen molar-refractivity contribution in [1.29, 1.82) is 0 Å². The first kappa shape index (κ1) is 32.4. The zero-order chi connectivity index (χ0) is 30.2. The van der Waals surface area contributed by atoms with E-state index in [4.69, 9.17) is 14.5 Å². The van der Waals surface area contributed by atoms with Crippen LogP contribution >= 0.6 is 0 Å². The highest BCUT2D eigenvalue weighted by Gasteiger charge is 2.33. The Morgan fingerprint density at radius 2 is 1.95 bits per heavy atom. The number of carboxylic acid groups (broad SMARTS) is 1. The molecular formula is C29H46N6O5Si. The summed E-state index contributed by atoms with van der Waals surface area (Å²) in [4.78, 5) is 31.1. The maximum Gasteiger partial charge on any atom is 0.410 e. The zero-order valence-electron chi connectivity index (χ0n) is 25.6. The van der Waals surface area contributed by atoms with Crippen LogP contribution in [0.4, 0.5) is 4.79 Å². The van der Waals surface area contributed by atoms with Gasteiger partial charge in [0.05, 0.1) is 11.6 Å². The third kappa shape index (κ3) is 10.0. The molecular weight excluding hydrogens is 540 g/mol. The van der Waals surface area contributed by atoms with Crippen LogP contribution in [0.2, 0.25) is 25.7 Å². The second-order valence-electron chi connectivity index (χ2n) is 12.9. The second kappa shape index (κ2) is 14.2. The second-order valence-corrected chi connectivity index (χ2v) is 18.5. The van der Waals surface area contributed by atoms with Crippen LogP contribution in [0.3, 0.4) is 0 Å². The number of hydrogen-bond donors (Lipinski definition) is 1. The number of ether oxygens (including phenoxy) is 2. The number of rotatable bonds is 13. The van der Waals surface area contributed by atoms with Crippen LogP contribution in [-0.2, 0) is 27.4 Å². The topological polar surface area (TPSA) is 133 Å². The van der Waals surface area contributed by atoms with Gasteiger partial charge in [-0.2, -0.15) is 0 Å². The number of aromatic nitrogens is 5. The maximum absolute atomic E-state index is 12.4. The first-order valence-corrected chi connectivity index (χ1v) is 18.2. The molecule has 0 spiro atoms. The molecule has 0 bridgehead atoms. The van der Waals surface area contributed by atoms with E-state index in [1.54, 1.807) is 15.8 Å². The quantitative estimate of drug-likeness (QED) is 0.247. The molecule has 0 saturated carbocycles. The van der Waals surface area contributed by atoms with Crippen LogP contribution < -0.4 is 0 Å². The summed E-state index contributed by atoms with van der Waals surface area (Å²) in [5.74, 6) is -1.43. The molecule has 3 rings (SSSR count). The van der Waals surface area contributed by atoms with Gasteiger partial charge in [-0.15, -0.1) is 5.10 Å². The molecule has 41 heavy (non-hydrogen) atoms. The smallest absolute Gasteiger partial charge is 0.410 e. The zero-order valence-corrected chi connectivity index (χ0v) is 26.6. The summed E-state index contributed by atoms with van der Waals surface area (Å²) in [5.41, 5.74) is 2.29. The summed E-state index contributed by atoms with van der Waals surface area (Å²) < 4.78 is 13.0. The third-order valence-corrected chi connectivity index (χ3v) is 8.68. The van der Waals surface area contributed by atoms with E-state index in [0.717, 1.165) is 29.3 Å². The molecule has 2 atom stereocenters. The average molecular weight is 587 g/mol. The molecule has 0 radical (unpaired) electrons. The van der Waals surface area contributed by atoms with Gasteiger partial charge in [0, 0.05) is 39.9 Å². The molecule has 2 aromatic rings. The van der Waals surface area contributed by atoms with E-state index in [-0.39, 0.29) is 12.8 Å². The monoisotopic (exact) mass is 586 g/mol. The van der Waals surface area contributed by atoms with Gasteiger partial charge in [-0.05, 0) is 73.7 Å². The summed E-state index contributed by atoms with van der Waals surface area (Å²) in [5, 5.41) is 22.4. The number of tetrazole rings is 1. The number of aliphatic carboxylic acids is 1. The van der Waals surface area contributed by atoms with Crippen molar-refractivity contribution in [2.24, 2.45) is 5.92 Å². The number of carbonyl (C=O) groups is 2. The van der Waals surface area contributed by atoms with Crippen molar-refractivity contribution in [2.75, 3.05) is 19.7 Å². The van der Waals surface area contributed by atoms with Gasteiger partial charge in [-0.1, -0.05) is 45.1 Å². The SMILES string of the molecule is CCC[C@H](C(=O)O)[C@H](Cc1ccc(C2=CCN(C(=O)OC(C)(C)C)CC2)nc1)c1nnnn1COCC[Si](C)(C)C. The number of pyridine rings is 1. The van der Waals surface area contributed by atoms with Gasteiger partial charge in [-0.25, -0.2) is 9.48 Å². The van der Waals surface area contributed by atoms with Gasteiger partial charge in [0.1, 0.15) is 12.3 Å². The maximum atomic E-state index is 12.4. The molecule has 0 aromatic carbocycles. The molecule has 0 saturated heterocycles. The van der Waals surface area contributed by atoms with E-state index in [1.807, 2.05) is 45.9 Å². The lowest BCUT2D eigenvalue weighted by Crippen LogP contribution is -2.39. The van der Waals surface area contributed by atoms with E-state index in [1.165, 1.54) is 0 Å². The van der Waals surface area contributed by atoms with Crippen LogP contribution in [-0.4, -0.2) is 80.6 Å². The summed E-state index contributed by atoms with van der Waals surface area (Å²) in [7, 11) is -1.24. The lowest BCUT2D eigenvalue weighted by Gasteiger charge is -2.29. The molecule has 2 aromatic heterocycles. The summed E-state index contributed by atoms with van der Waals surface area (Å²) in [6.45, 7) is 16.3. The van der Waals surface area contributed by atoms with E-state index >= 15 is 0 Å². The van der Waals surface area contributed by atoms with Gasteiger partial charge in [-0.3, -0.25) is 9.78 Å². The fraction of sp³-hybridized carbons (Fsp3) is 0.655. The molecule has 1 aliphatic rings. The first-order valence-electron chi connectivity index (χ1n) is 14.5. The Morgan fingerprint density at radius 1 is 1.20 bits per heavy atom. The highest BCUT2D eigenvalue weighted by Crippen LogP contribution is 2.31. The van der Waals surface area contributed by atoms with Crippen molar-refractivity contribution < 1.29 is 24.2 Å². The van der Waals surface area contributed by atoms with Crippen molar-refractivity contribution in [3.05, 3.63) is 41.5 Å². The van der Waals surface area contributed by atoms with Crippen LogP contribution in [0.1, 0.15) is 70.0 Å². The average Bonchev–Trinajstić information content (AvgIpc) is 3.36. The molecule has 3 heterocycles. The number of carbonyl (C=O) groups excluding carboxylic acids is 1. The van der Waals surface area contributed by atoms with E-state index in [2.05, 4.69) is 35.2 Å². The predicted octanol–water partition coefficient (Wildman–Crippen LogP) is 5.23. The Labute approximate surface area is 244 Å². The molecule has 1 amide bonds. The van der Waals surface area contributed by atoms with Gasteiger partial charge in [0.25, 0.3) is 0 Å². The standard InChI is InChI=1S/C29H46N6O5Si/c1-8-9-23(27(36)37)24(26-31-32-33-35(26)20-39-16-17-41(5,6)7)18-21-10-11-25(30-19-21)22-12-14-34(15-13-22)28(38)40-29(2,3)4/h10-12,19,23-24H,8-9,13-18,20H2,1-7H3,(H,36,37)/t23-,24-/m0/s1. The van der Waals surface area contributed by atoms with E-state index in [9.17, 15) is 14.7 Å². The lowest BCUT2D eigenvalue weighted by atomic mass is 9.83. The number of carboxylic acids is 1. The minimum absolute atomic E-state index is 0.188. The summed E-state index contributed by atoms with van der Waals surface area (Å²) >= 11 is 0. The summed E-state index contributed by atoms with van der Waals surface area (Å²) in [6.07, 6.45) is 5.85. The largest absolute Gasteiger partial charge is 0.481 e. The molecule has 0 fully saturated rings. The van der Waals surface area contributed by atoms with Crippen molar-refractivity contribution >= 4 is 25.7 Å². The fourth-order valence-electron chi connectivity index (χ4n) is 4.70. The van der Waals surface area contributed by atoms with Crippen LogP contribution in [0.5, 0.6) is 0 Å². The first-order chi connectivity index (χ1) is 19.3. The highest BCUT2D eigenvalue weighted by molar-refractivity contribution is 6.76. The molecule has 0 unspecified atom stereocenters. The number of amides is 1. The van der Waals surface area contributed by atoms with Gasteiger partial charge >= 0.3 is 12.1 Å². The Kier molecular flexibility index (Phi) is 11.2. The third-order valence-electron chi connectivity index (χ3n) is 6.97. The normalized spacial score (nSPS) is 15.8. The Balaban J connectivity index is 1.74. The minimum atomic E-state index is -1.24. The van der Waals surface area contributed by atoms with E-state index in [0.29, 0.717) is 44.8 Å². The van der Waals surface area contributed by atoms with Crippen LogP contribution in [0.25, 0.3) is 5.57 Å². The van der Waals surface area contributed by atoms with Gasteiger partial charge in [0.2, 0.25) is 0 Å². The molecule has 12 heteroatoms. The van der Waals surface area contributed by atoms with Crippen LogP contribution in [0.15, 0.2) is 24.4 Å². The highest BCUT2D eigenvalue weighted by atomic mass is 28.3. The van der Waals surface area contributed by atoms with E-state index < -0.39 is 31.5 Å². The number of hydrogen-bond acceptors (Lipinski definition) is 8. The lowest BCUT2D eigenvalue weighted by molar-refractivity contribution is -0.143. The molecule has 11 nitrogen and oxygen atoms in total.